The van der Waals surface area contributed by atoms with Crippen LogP contribution in [-0.2, 0) is 4.79 Å². The lowest BCUT2D eigenvalue weighted by Gasteiger charge is -2.00. The lowest BCUT2D eigenvalue weighted by Crippen LogP contribution is -1.96. The molecule has 0 bridgehead atoms. The van der Waals surface area contributed by atoms with E-state index in [1.807, 2.05) is 24.3 Å². The van der Waals surface area contributed by atoms with Gasteiger partial charge in [0.1, 0.15) is 10.8 Å². The molecule has 0 unspecified atom stereocenters. The molecule has 2 N–H and O–H groups in total. The molecule has 2 aromatic carbocycles. The van der Waals surface area contributed by atoms with Crippen molar-refractivity contribution < 1.29 is 9.90 Å². The van der Waals surface area contributed by atoms with Gasteiger partial charge in [-0.3, -0.25) is 4.79 Å². The summed E-state index contributed by atoms with van der Waals surface area (Å²) in [6.45, 7) is 2.71. The van der Waals surface area contributed by atoms with Crippen molar-refractivity contribution in [3.05, 3.63) is 65.0 Å². The standard InChI is InChI=1S/C19H16ClN5O2S/c1-11(26)17(12(2)27)23-22-16-7-3-13(4-8-16)18-24-25-19(28-18)21-15-9-5-14(20)6-10-15/h3-10,26H,1-2H3,(H,21,25)/b17-11+,23-22?. The van der Waals surface area contributed by atoms with Crippen LogP contribution in [0.1, 0.15) is 13.8 Å². The number of rotatable bonds is 6. The van der Waals surface area contributed by atoms with E-state index >= 15 is 0 Å². The summed E-state index contributed by atoms with van der Waals surface area (Å²) in [6, 6.07) is 14.5. The van der Waals surface area contributed by atoms with Crippen molar-refractivity contribution in [2.45, 2.75) is 13.8 Å². The van der Waals surface area contributed by atoms with E-state index in [1.165, 1.54) is 25.2 Å². The van der Waals surface area contributed by atoms with Gasteiger partial charge in [0.05, 0.1) is 5.69 Å². The third-order valence-electron chi connectivity index (χ3n) is 3.58. The van der Waals surface area contributed by atoms with Gasteiger partial charge in [0.15, 0.2) is 11.5 Å². The molecule has 3 rings (SSSR count). The highest BCUT2D eigenvalue weighted by molar-refractivity contribution is 7.18. The second kappa shape index (κ2) is 8.73. The first-order chi connectivity index (χ1) is 13.4. The molecule has 3 aromatic rings. The number of allylic oxidation sites excluding steroid dienone is 2. The lowest BCUT2D eigenvalue weighted by atomic mass is 10.2. The maximum absolute atomic E-state index is 11.4. The van der Waals surface area contributed by atoms with Crippen LogP contribution in [0.4, 0.5) is 16.5 Å². The lowest BCUT2D eigenvalue weighted by molar-refractivity contribution is -0.113. The molecule has 1 aromatic heterocycles. The van der Waals surface area contributed by atoms with Crippen LogP contribution in [0.25, 0.3) is 10.6 Å². The van der Waals surface area contributed by atoms with Crippen LogP contribution in [0, 0.1) is 0 Å². The zero-order valence-corrected chi connectivity index (χ0v) is 16.6. The van der Waals surface area contributed by atoms with Crippen molar-refractivity contribution in [3.63, 3.8) is 0 Å². The van der Waals surface area contributed by atoms with Crippen molar-refractivity contribution in [1.29, 1.82) is 0 Å². The number of azo groups is 1. The van der Waals surface area contributed by atoms with E-state index in [2.05, 4.69) is 25.7 Å². The zero-order chi connectivity index (χ0) is 20.1. The summed E-state index contributed by atoms with van der Waals surface area (Å²) in [4.78, 5) is 11.4. The summed E-state index contributed by atoms with van der Waals surface area (Å²) in [5, 5.41) is 30.8. The van der Waals surface area contributed by atoms with Gasteiger partial charge in [0.2, 0.25) is 5.13 Å². The minimum Gasteiger partial charge on any atom is -0.510 e. The van der Waals surface area contributed by atoms with Crippen LogP contribution in [0.3, 0.4) is 0 Å². The van der Waals surface area contributed by atoms with Crippen LogP contribution in [-0.4, -0.2) is 21.1 Å². The molecule has 142 valence electrons. The Balaban J connectivity index is 1.72. The monoisotopic (exact) mass is 413 g/mol. The Hall–Kier alpha value is -3.10. The number of carbonyl (C=O) groups is 1. The van der Waals surface area contributed by atoms with Gasteiger partial charge in [0, 0.05) is 23.2 Å². The van der Waals surface area contributed by atoms with Crippen LogP contribution in [0.15, 0.2) is 70.2 Å². The average Bonchev–Trinajstić information content (AvgIpc) is 3.12. The van der Waals surface area contributed by atoms with Crippen LogP contribution in [0.2, 0.25) is 5.02 Å². The summed E-state index contributed by atoms with van der Waals surface area (Å²) in [5.41, 5.74) is 2.23. The SMILES string of the molecule is CC(=O)/C(N=Nc1ccc(-c2nnc(Nc3ccc(Cl)cc3)s2)cc1)=C(/C)O. The Labute approximate surface area is 170 Å². The molecule has 0 saturated heterocycles. The van der Waals surface area contributed by atoms with Crippen LogP contribution in [0.5, 0.6) is 0 Å². The van der Waals surface area contributed by atoms with Gasteiger partial charge < -0.3 is 10.4 Å². The molecule has 0 radical (unpaired) electrons. The Morgan fingerprint density at radius 1 is 1.07 bits per heavy atom. The number of Topliss-reactive ketones (excluding diaryl/α,β-unsaturated/α-hetero) is 1. The molecule has 0 aliphatic carbocycles. The van der Waals surface area contributed by atoms with E-state index in [-0.39, 0.29) is 17.2 Å². The number of ketones is 1. The summed E-state index contributed by atoms with van der Waals surface area (Å²) in [7, 11) is 0. The number of anilines is 2. The summed E-state index contributed by atoms with van der Waals surface area (Å²) < 4.78 is 0. The first-order valence-corrected chi connectivity index (χ1v) is 9.41. The fraction of sp³-hybridized carbons (Fsp3) is 0.105. The normalized spacial score (nSPS) is 12.1. The van der Waals surface area contributed by atoms with E-state index < -0.39 is 0 Å². The number of aliphatic hydroxyl groups excluding tert-OH is 1. The van der Waals surface area contributed by atoms with E-state index in [0.29, 0.717) is 15.8 Å². The second-order valence-electron chi connectivity index (χ2n) is 5.78. The number of nitrogens with zero attached hydrogens (tertiary/aromatic N) is 4. The van der Waals surface area contributed by atoms with E-state index in [9.17, 15) is 9.90 Å². The van der Waals surface area contributed by atoms with Gasteiger partial charge in [-0.25, -0.2) is 0 Å². The van der Waals surface area contributed by atoms with Crippen molar-refractivity contribution in [1.82, 2.24) is 10.2 Å². The van der Waals surface area contributed by atoms with Gasteiger partial charge in [-0.15, -0.1) is 15.3 Å². The number of benzene rings is 2. The molecule has 0 atom stereocenters. The molecule has 0 aliphatic rings. The quantitative estimate of drug-likeness (QED) is 0.290. The Morgan fingerprint density at radius 3 is 2.36 bits per heavy atom. The third kappa shape index (κ3) is 4.99. The fourth-order valence-corrected chi connectivity index (χ4v) is 3.12. The van der Waals surface area contributed by atoms with E-state index in [0.717, 1.165) is 16.3 Å². The Kier molecular flexibility index (Phi) is 6.13. The van der Waals surface area contributed by atoms with Crippen molar-refractivity contribution >= 4 is 45.2 Å². The maximum Gasteiger partial charge on any atom is 0.210 e. The smallest absolute Gasteiger partial charge is 0.210 e. The highest BCUT2D eigenvalue weighted by Gasteiger charge is 2.08. The first-order valence-electron chi connectivity index (χ1n) is 8.21. The third-order valence-corrected chi connectivity index (χ3v) is 4.72. The maximum atomic E-state index is 11.4. The number of hydrogen-bond acceptors (Lipinski definition) is 8. The van der Waals surface area contributed by atoms with Crippen molar-refractivity contribution in [3.8, 4) is 10.6 Å². The highest BCUT2D eigenvalue weighted by atomic mass is 35.5. The van der Waals surface area contributed by atoms with Gasteiger partial charge in [-0.05, 0) is 55.5 Å². The molecule has 9 heteroatoms. The Morgan fingerprint density at radius 2 is 1.75 bits per heavy atom. The second-order valence-corrected chi connectivity index (χ2v) is 7.20. The van der Waals surface area contributed by atoms with Gasteiger partial charge >= 0.3 is 0 Å². The number of nitrogens with one attached hydrogen (secondary N) is 1. The number of halogens is 1. The topological polar surface area (TPSA) is 99.8 Å². The molecule has 1 heterocycles. The zero-order valence-electron chi connectivity index (χ0n) is 15.0. The molecular weight excluding hydrogens is 398 g/mol. The minimum atomic E-state index is -0.352. The molecule has 7 nitrogen and oxygen atoms in total. The number of aliphatic hydroxyl groups is 1. The highest BCUT2D eigenvalue weighted by Crippen LogP contribution is 2.30. The van der Waals surface area contributed by atoms with Crippen LogP contribution < -0.4 is 5.32 Å². The minimum absolute atomic E-state index is 0.0638. The van der Waals surface area contributed by atoms with Crippen molar-refractivity contribution in [2.24, 2.45) is 10.2 Å². The molecule has 0 spiro atoms. The predicted octanol–water partition coefficient (Wildman–Crippen LogP) is 6.06. The molecule has 28 heavy (non-hydrogen) atoms. The van der Waals surface area contributed by atoms with Gasteiger partial charge in [0.25, 0.3) is 0 Å². The van der Waals surface area contributed by atoms with E-state index in [4.69, 9.17) is 11.6 Å². The predicted molar refractivity (Wildman–Crippen MR) is 111 cm³/mol. The summed E-state index contributed by atoms with van der Waals surface area (Å²) in [5.74, 6) is -0.516. The summed E-state index contributed by atoms with van der Waals surface area (Å²) in [6.07, 6.45) is 0. The number of carbonyl (C=O) groups excluding carboxylic acids is 1. The van der Waals surface area contributed by atoms with Crippen molar-refractivity contribution in [2.75, 3.05) is 5.32 Å². The largest absolute Gasteiger partial charge is 0.510 e. The molecule has 0 saturated carbocycles. The number of hydrogen-bond donors (Lipinski definition) is 2. The summed E-state index contributed by atoms with van der Waals surface area (Å²) >= 11 is 7.29. The van der Waals surface area contributed by atoms with Gasteiger partial charge in [-0.2, -0.15) is 5.11 Å². The molecular formula is C19H16ClN5O2S. The Bertz CT molecular complexity index is 1040. The average molecular weight is 414 g/mol. The van der Waals surface area contributed by atoms with Crippen LogP contribution >= 0.6 is 22.9 Å². The first kappa shape index (κ1) is 19.7. The molecule has 0 aliphatic heterocycles. The molecule has 0 amide bonds. The fourth-order valence-electron chi connectivity index (χ4n) is 2.22. The molecule has 0 fully saturated rings. The number of aromatic nitrogens is 2. The van der Waals surface area contributed by atoms with E-state index in [1.54, 1.807) is 24.3 Å². The van der Waals surface area contributed by atoms with Gasteiger partial charge in [-0.1, -0.05) is 22.9 Å².